The number of aromatic nitrogens is 1. The van der Waals surface area contributed by atoms with Crippen molar-refractivity contribution in [2.24, 2.45) is 0 Å². The summed E-state index contributed by atoms with van der Waals surface area (Å²) in [5.41, 5.74) is -0.233. The van der Waals surface area contributed by atoms with Gasteiger partial charge >= 0.3 is 6.18 Å². The van der Waals surface area contributed by atoms with Crippen LogP contribution in [-0.4, -0.2) is 12.0 Å². The fraction of sp³-hybridized carbons (Fsp3) is 0.417. The lowest BCUT2D eigenvalue weighted by molar-refractivity contribution is -0.137. The van der Waals surface area contributed by atoms with Crippen molar-refractivity contribution in [2.75, 3.05) is 7.05 Å². The maximum absolute atomic E-state index is 12.6. The van der Waals surface area contributed by atoms with Gasteiger partial charge in [0.2, 0.25) is 0 Å². The van der Waals surface area contributed by atoms with Gasteiger partial charge in [-0.1, -0.05) is 6.92 Å². The normalized spacial score (nSPS) is 14.1. The van der Waals surface area contributed by atoms with Gasteiger partial charge in [-0.25, -0.2) is 4.98 Å². The van der Waals surface area contributed by atoms with Crippen LogP contribution in [0.5, 0.6) is 0 Å². The van der Waals surface area contributed by atoms with Crippen molar-refractivity contribution in [3.05, 3.63) is 28.8 Å². The molecular weight excluding hydrogens is 261 g/mol. The summed E-state index contributed by atoms with van der Waals surface area (Å²) in [4.78, 5) is 4.28. The fourth-order valence-corrected chi connectivity index (χ4v) is 2.91. The van der Waals surface area contributed by atoms with Crippen molar-refractivity contribution >= 4 is 21.6 Å². The van der Waals surface area contributed by atoms with Crippen molar-refractivity contribution in [2.45, 2.75) is 25.6 Å². The van der Waals surface area contributed by atoms with Crippen LogP contribution in [0, 0.1) is 0 Å². The molecule has 0 radical (unpaired) electrons. The Morgan fingerprint density at radius 2 is 2.11 bits per heavy atom. The molecule has 0 aliphatic rings. The van der Waals surface area contributed by atoms with Crippen LogP contribution in [0.15, 0.2) is 18.2 Å². The predicted octanol–water partition coefficient (Wildman–Crippen LogP) is 3.99. The van der Waals surface area contributed by atoms with Crippen molar-refractivity contribution in [1.29, 1.82) is 0 Å². The smallest absolute Gasteiger partial charge is 0.311 e. The van der Waals surface area contributed by atoms with E-state index in [2.05, 4.69) is 10.3 Å². The molecule has 0 spiro atoms. The van der Waals surface area contributed by atoms with Crippen LogP contribution < -0.4 is 5.32 Å². The lowest BCUT2D eigenvalue weighted by Crippen LogP contribution is -2.14. The van der Waals surface area contributed by atoms with E-state index in [0.29, 0.717) is 5.52 Å². The second kappa shape index (κ2) is 4.85. The van der Waals surface area contributed by atoms with Crippen LogP contribution in [0.4, 0.5) is 13.2 Å². The van der Waals surface area contributed by atoms with Gasteiger partial charge < -0.3 is 5.32 Å². The molecule has 2 nitrogen and oxygen atoms in total. The van der Waals surface area contributed by atoms with Crippen LogP contribution in [0.1, 0.15) is 30.0 Å². The van der Waals surface area contributed by atoms with Crippen molar-refractivity contribution in [3.8, 4) is 0 Å². The summed E-state index contributed by atoms with van der Waals surface area (Å²) in [6.07, 6.45) is -3.46. The first kappa shape index (κ1) is 13.3. The maximum Gasteiger partial charge on any atom is 0.416 e. The number of benzene rings is 1. The number of hydrogen-bond acceptors (Lipinski definition) is 3. The number of halogens is 3. The third-order valence-electron chi connectivity index (χ3n) is 2.79. The van der Waals surface area contributed by atoms with E-state index in [-0.39, 0.29) is 6.04 Å². The average Bonchev–Trinajstić information content (AvgIpc) is 2.71. The highest BCUT2D eigenvalue weighted by Crippen LogP contribution is 2.34. The molecule has 1 atom stereocenters. The summed E-state index contributed by atoms with van der Waals surface area (Å²) < 4.78 is 38.5. The number of nitrogens with zero attached hydrogens (tertiary/aromatic N) is 1. The lowest BCUT2D eigenvalue weighted by Gasteiger charge is -2.08. The zero-order valence-corrected chi connectivity index (χ0v) is 10.8. The van der Waals surface area contributed by atoms with Crippen LogP contribution in [0.25, 0.3) is 10.2 Å². The average molecular weight is 274 g/mol. The van der Waals surface area contributed by atoms with E-state index in [1.54, 1.807) is 0 Å². The van der Waals surface area contributed by atoms with Gasteiger partial charge in [0, 0.05) is 0 Å². The standard InChI is InChI=1S/C12H13F3N2S/c1-3-8(16-2)11-17-9-6-7(12(13,14)15)4-5-10(9)18-11/h4-6,8,16H,3H2,1-2H3. The largest absolute Gasteiger partial charge is 0.416 e. The number of fused-ring (bicyclic) bond motifs is 1. The van der Waals surface area contributed by atoms with E-state index < -0.39 is 11.7 Å². The van der Waals surface area contributed by atoms with E-state index >= 15 is 0 Å². The van der Waals surface area contributed by atoms with Crippen molar-refractivity contribution in [1.82, 2.24) is 10.3 Å². The zero-order chi connectivity index (χ0) is 13.3. The van der Waals surface area contributed by atoms with E-state index in [4.69, 9.17) is 0 Å². The molecule has 1 aromatic heterocycles. The van der Waals surface area contributed by atoms with E-state index in [1.807, 2.05) is 14.0 Å². The Labute approximate surface area is 107 Å². The lowest BCUT2D eigenvalue weighted by atomic mass is 10.2. The third-order valence-corrected chi connectivity index (χ3v) is 3.94. The Morgan fingerprint density at radius 3 is 2.67 bits per heavy atom. The number of nitrogens with one attached hydrogen (secondary N) is 1. The second-order valence-electron chi connectivity index (χ2n) is 3.98. The second-order valence-corrected chi connectivity index (χ2v) is 5.04. The predicted molar refractivity (Wildman–Crippen MR) is 66.7 cm³/mol. The topological polar surface area (TPSA) is 24.9 Å². The first-order valence-electron chi connectivity index (χ1n) is 5.60. The fourth-order valence-electron chi connectivity index (χ4n) is 1.77. The first-order valence-corrected chi connectivity index (χ1v) is 6.42. The highest BCUT2D eigenvalue weighted by Gasteiger charge is 2.30. The number of thiazole rings is 1. The van der Waals surface area contributed by atoms with Gasteiger partial charge in [-0.2, -0.15) is 13.2 Å². The Bertz CT molecular complexity index is 544. The molecule has 0 fully saturated rings. The van der Waals surface area contributed by atoms with Gasteiger partial charge in [-0.3, -0.25) is 0 Å². The molecule has 2 aromatic rings. The minimum absolute atomic E-state index is 0.0942. The van der Waals surface area contributed by atoms with Gasteiger partial charge in [0.1, 0.15) is 5.01 Å². The zero-order valence-electron chi connectivity index (χ0n) is 10.0. The molecule has 0 saturated heterocycles. The number of alkyl halides is 3. The van der Waals surface area contributed by atoms with Crippen LogP contribution in [0.2, 0.25) is 0 Å². The first-order chi connectivity index (χ1) is 8.45. The molecular formula is C12H13F3N2S. The Balaban J connectivity index is 2.46. The minimum atomic E-state index is -4.31. The van der Waals surface area contributed by atoms with Gasteiger partial charge in [-0.05, 0) is 31.7 Å². The number of rotatable bonds is 3. The molecule has 1 heterocycles. The number of hydrogen-bond donors (Lipinski definition) is 1. The summed E-state index contributed by atoms with van der Waals surface area (Å²) in [6, 6.07) is 3.79. The summed E-state index contributed by atoms with van der Waals surface area (Å²) >= 11 is 1.43. The molecule has 1 N–H and O–H groups in total. The van der Waals surface area contributed by atoms with Gasteiger partial charge in [0.25, 0.3) is 0 Å². The summed E-state index contributed by atoms with van der Waals surface area (Å²) in [7, 11) is 1.82. The molecule has 0 aliphatic heterocycles. The van der Waals surface area contributed by atoms with Crippen LogP contribution in [0.3, 0.4) is 0 Å². The molecule has 1 unspecified atom stereocenters. The van der Waals surface area contributed by atoms with Crippen molar-refractivity contribution in [3.63, 3.8) is 0 Å². The molecule has 0 aliphatic carbocycles. The molecule has 1 aromatic carbocycles. The highest BCUT2D eigenvalue weighted by atomic mass is 32.1. The molecule has 0 saturated carbocycles. The molecule has 18 heavy (non-hydrogen) atoms. The molecule has 98 valence electrons. The third kappa shape index (κ3) is 2.49. The Morgan fingerprint density at radius 1 is 1.39 bits per heavy atom. The quantitative estimate of drug-likeness (QED) is 0.915. The van der Waals surface area contributed by atoms with Gasteiger partial charge in [0.15, 0.2) is 0 Å². The van der Waals surface area contributed by atoms with Crippen LogP contribution in [-0.2, 0) is 6.18 Å². The molecule has 0 amide bonds. The van der Waals surface area contributed by atoms with Gasteiger partial charge in [0.05, 0.1) is 21.8 Å². The molecule has 2 rings (SSSR count). The minimum Gasteiger partial charge on any atom is -0.311 e. The van der Waals surface area contributed by atoms with Crippen LogP contribution >= 0.6 is 11.3 Å². The molecule has 6 heteroatoms. The summed E-state index contributed by atoms with van der Waals surface area (Å²) in [6.45, 7) is 2.01. The maximum atomic E-state index is 12.6. The SMILES string of the molecule is CCC(NC)c1nc2cc(C(F)(F)F)ccc2s1. The highest BCUT2D eigenvalue weighted by molar-refractivity contribution is 7.18. The summed E-state index contributed by atoms with van der Waals surface area (Å²) in [5, 5.41) is 3.93. The Kier molecular flexibility index (Phi) is 3.59. The summed E-state index contributed by atoms with van der Waals surface area (Å²) in [5.74, 6) is 0. The van der Waals surface area contributed by atoms with Gasteiger partial charge in [-0.15, -0.1) is 11.3 Å². The Hall–Kier alpha value is -1.14. The molecule has 0 bridgehead atoms. The van der Waals surface area contributed by atoms with E-state index in [0.717, 1.165) is 28.3 Å². The van der Waals surface area contributed by atoms with Crippen molar-refractivity contribution < 1.29 is 13.2 Å². The van der Waals surface area contributed by atoms with E-state index in [1.165, 1.54) is 17.4 Å². The van der Waals surface area contributed by atoms with E-state index in [9.17, 15) is 13.2 Å². The monoisotopic (exact) mass is 274 g/mol.